The molecule has 0 radical (unpaired) electrons. The van der Waals surface area contributed by atoms with Crippen LogP contribution in [-0.4, -0.2) is 30.3 Å². The van der Waals surface area contributed by atoms with E-state index < -0.39 is 0 Å². The minimum absolute atomic E-state index is 0.0907. The molecule has 2 unspecified atom stereocenters. The summed E-state index contributed by atoms with van der Waals surface area (Å²) < 4.78 is 18.9. The lowest BCUT2D eigenvalue weighted by Gasteiger charge is -2.25. The second-order valence-electron chi connectivity index (χ2n) is 6.05. The average Bonchev–Trinajstić information content (AvgIpc) is 3.16. The quantitative estimate of drug-likeness (QED) is 0.847. The van der Waals surface area contributed by atoms with Crippen molar-refractivity contribution >= 4 is 6.03 Å². The van der Waals surface area contributed by atoms with Crippen LogP contribution in [0.1, 0.15) is 30.1 Å². The van der Waals surface area contributed by atoms with Gasteiger partial charge in [-0.15, -0.1) is 0 Å². The van der Waals surface area contributed by atoms with E-state index in [0.717, 1.165) is 24.1 Å². The molecule has 2 heterocycles. The van der Waals surface area contributed by atoms with E-state index in [1.807, 2.05) is 18.2 Å². The lowest BCUT2D eigenvalue weighted by Crippen LogP contribution is -2.42. The molecular weight excluding hydrogens is 321 g/mol. The zero-order chi connectivity index (χ0) is 17.5. The number of benzene rings is 1. The fraction of sp³-hybridized carbons (Fsp3) is 0.368. The number of carbonyl (C=O) groups excluding carboxylic acids is 1. The molecule has 2 atom stereocenters. The van der Waals surface area contributed by atoms with Gasteiger partial charge in [-0.05, 0) is 42.7 Å². The maximum Gasteiger partial charge on any atom is 0.315 e. The van der Waals surface area contributed by atoms with Gasteiger partial charge >= 0.3 is 6.03 Å². The predicted molar refractivity (Wildman–Crippen MR) is 92.6 cm³/mol. The van der Waals surface area contributed by atoms with Crippen LogP contribution in [0.2, 0.25) is 0 Å². The molecule has 25 heavy (non-hydrogen) atoms. The smallest absolute Gasteiger partial charge is 0.315 e. The molecule has 1 saturated heterocycles. The number of amides is 2. The van der Waals surface area contributed by atoms with Crippen molar-refractivity contribution < 1.29 is 13.9 Å². The first-order chi connectivity index (χ1) is 12.2. The van der Waals surface area contributed by atoms with Crippen LogP contribution in [0.25, 0.3) is 0 Å². The number of hydrogen-bond acceptors (Lipinski definition) is 3. The molecule has 0 saturated carbocycles. The number of ether oxygens (including phenoxy) is 1. The zero-order valence-corrected chi connectivity index (χ0v) is 14.0. The Morgan fingerprint density at radius 2 is 2.12 bits per heavy atom. The Labute approximate surface area is 146 Å². The van der Waals surface area contributed by atoms with Gasteiger partial charge in [0.15, 0.2) is 0 Å². The zero-order valence-electron chi connectivity index (χ0n) is 14.0. The summed E-state index contributed by atoms with van der Waals surface area (Å²) in [5.74, 6) is -0.297. The molecule has 2 N–H and O–H groups in total. The van der Waals surface area contributed by atoms with Crippen LogP contribution >= 0.6 is 0 Å². The molecular formula is C19H22FN3O2. The van der Waals surface area contributed by atoms with Gasteiger partial charge in [0.2, 0.25) is 0 Å². The van der Waals surface area contributed by atoms with E-state index in [-0.39, 0.29) is 24.0 Å². The lowest BCUT2D eigenvalue weighted by atomic mass is 9.99. The SMILES string of the molecule is O=C(NCCc1ccccn1)NC(c1ccc(F)cc1)C1CCCO1. The summed E-state index contributed by atoms with van der Waals surface area (Å²) in [5.41, 5.74) is 1.77. The first-order valence-corrected chi connectivity index (χ1v) is 8.54. The van der Waals surface area contributed by atoms with E-state index in [9.17, 15) is 9.18 Å². The third-order valence-electron chi connectivity index (χ3n) is 4.25. The van der Waals surface area contributed by atoms with E-state index in [1.54, 1.807) is 18.3 Å². The Morgan fingerprint density at radius 3 is 2.80 bits per heavy atom. The van der Waals surface area contributed by atoms with Crippen LogP contribution in [0.3, 0.4) is 0 Å². The monoisotopic (exact) mass is 343 g/mol. The number of rotatable bonds is 6. The van der Waals surface area contributed by atoms with Crippen molar-refractivity contribution in [3.63, 3.8) is 0 Å². The van der Waals surface area contributed by atoms with E-state index in [4.69, 9.17) is 4.74 Å². The van der Waals surface area contributed by atoms with Crippen LogP contribution in [0, 0.1) is 5.82 Å². The van der Waals surface area contributed by atoms with Crippen molar-refractivity contribution in [1.29, 1.82) is 0 Å². The maximum atomic E-state index is 13.2. The van der Waals surface area contributed by atoms with Crippen LogP contribution in [0.5, 0.6) is 0 Å². The summed E-state index contributed by atoms with van der Waals surface area (Å²) in [4.78, 5) is 16.5. The Kier molecular flexibility index (Phi) is 5.95. The van der Waals surface area contributed by atoms with Crippen molar-refractivity contribution in [2.45, 2.75) is 31.4 Å². The van der Waals surface area contributed by atoms with E-state index in [2.05, 4.69) is 15.6 Å². The van der Waals surface area contributed by atoms with Gasteiger partial charge < -0.3 is 15.4 Å². The third kappa shape index (κ3) is 5.00. The summed E-state index contributed by atoms with van der Waals surface area (Å²) in [5, 5.41) is 5.81. The van der Waals surface area contributed by atoms with Gasteiger partial charge in [-0.1, -0.05) is 18.2 Å². The Morgan fingerprint density at radius 1 is 1.28 bits per heavy atom. The van der Waals surface area contributed by atoms with Crippen molar-refractivity contribution in [2.75, 3.05) is 13.2 Å². The summed E-state index contributed by atoms with van der Waals surface area (Å²) in [6.45, 7) is 1.18. The molecule has 6 heteroatoms. The lowest BCUT2D eigenvalue weighted by molar-refractivity contribution is 0.0807. The van der Waals surface area contributed by atoms with E-state index in [1.165, 1.54) is 12.1 Å². The van der Waals surface area contributed by atoms with Gasteiger partial charge in [0.1, 0.15) is 5.82 Å². The minimum Gasteiger partial charge on any atom is -0.376 e. The normalized spacial score (nSPS) is 17.9. The summed E-state index contributed by atoms with van der Waals surface area (Å²) >= 11 is 0. The van der Waals surface area contributed by atoms with Gasteiger partial charge in [-0.2, -0.15) is 0 Å². The van der Waals surface area contributed by atoms with Crippen LogP contribution in [0.4, 0.5) is 9.18 Å². The molecule has 1 fully saturated rings. The molecule has 1 aromatic heterocycles. The van der Waals surface area contributed by atoms with Crippen LogP contribution in [-0.2, 0) is 11.2 Å². The van der Waals surface area contributed by atoms with Crippen molar-refractivity contribution in [3.05, 3.63) is 65.7 Å². The highest BCUT2D eigenvalue weighted by molar-refractivity contribution is 5.74. The highest BCUT2D eigenvalue weighted by atomic mass is 19.1. The molecule has 1 aromatic carbocycles. The molecule has 2 amide bonds. The van der Waals surface area contributed by atoms with Crippen LogP contribution < -0.4 is 10.6 Å². The van der Waals surface area contributed by atoms with Crippen molar-refractivity contribution in [3.8, 4) is 0 Å². The molecule has 0 bridgehead atoms. The van der Waals surface area contributed by atoms with Crippen molar-refractivity contribution in [1.82, 2.24) is 15.6 Å². The number of aromatic nitrogens is 1. The van der Waals surface area contributed by atoms with E-state index >= 15 is 0 Å². The third-order valence-corrected chi connectivity index (χ3v) is 4.25. The number of nitrogens with one attached hydrogen (secondary N) is 2. The number of urea groups is 1. The fourth-order valence-electron chi connectivity index (χ4n) is 2.97. The number of hydrogen-bond donors (Lipinski definition) is 2. The largest absolute Gasteiger partial charge is 0.376 e. The number of nitrogens with zero attached hydrogens (tertiary/aromatic N) is 1. The highest BCUT2D eigenvalue weighted by Crippen LogP contribution is 2.27. The minimum atomic E-state index is -0.297. The van der Waals surface area contributed by atoms with Gasteiger partial charge in [-0.3, -0.25) is 4.98 Å². The number of carbonyl (C=O) groups is 1. The molecule has 132 valence electrons. The summed E-state index contributed by atoms with van der Waals surface area (Å²) in [6, 6.07) is 11.3. The van der Waals surface area contributed by atoms with E-state index in [0.29, 0.717) is 19.6 Å². The molecule has 5 nitrogen and oxygen atoms in total. The molecule has 0 spiro atoms. The Bertz CT molecular complexity index is 673. The number of pyridine rings is 1. The summed E-state index contributed by atoms with van der Waals surface area (Å²) in [6.07, 6.45) is 4.14. The standard InChI is InChI=1S/C19H22FN3O2/c20-15-8-6-14(7-9-15)18(17-5-3-13-25-17)23-19(24)22-12-10-16-4-1-2-11-21-16/h1-2,4,6-9,11,17-18H,3,5,10,12-13H2,(H2,22,23,24). The molecule has 1 aliphatic heterocycles. The highest BCUT2D eigenvalue weighted by Gasteiger charge is 2.28. The topological polar surface area (TPSA) is 63.2 Å². The van der Waals surface area contributed by atoms with Gasteiger partial charge in [0.25, 0.3) is 0 Å². The van der Waals surface area contributed by atoms with Gasteiger partial charge in [-0.25, -0.2) is 9.18 Å². The maximum absolute atomic E-state index is 13.2. The fourth-order valence-corrected chi connectivity index (χ4v) is 2.97. The van der Waals surface area contributed by atoms with Gasteiger partial charge in [0, 0.05) is 31.5 Å². The Balaban J connectivity index is 1.57. The first-order valence-electron chi connectivity index (χ1n) is 8.54. The molecule has 1 aliphatic rings. The van der Waals surface area contributed by atoms with Gasteiger partial charge in [0.05, 0.1) is 12.1 Å². The summed E-state index contributed by atoms with van der Waals surface area (Å²) in [7, 11) is 0. The number of halogens is 1. The van der Waals surface area contributed by atoms with Crippen molar-refractivity contribution in [2.24, 2.45) is 0 Å². The molecule has 3 rings (SSSR count). The predicted octanol–water partition coefficient (Wildman–Crippen LogP) is 2.98. The molecule has 2 aromatic rings. The second-order valence-corrected chi connectivity index (χ2v) is 6.05. The average molecular weight is 343 g/mol. The Hall–Kier alpha value is -2.47. The second kappa shape index (κ2) is 8.58. The molecule has 0 aliphatic carbocycles. The first kappa shape index (κ1) is 17.4. The van der Waals surface area contributed by atoms with Crippen LogP contribution in [0.15, 0.2) is 48.7 Å².